The predicted molar refractivity (Wildman–Crippen MR) is 141 cm³/mol. The van der Waals surface area contributed by atoms with Crippen LogP contribution in [0.5, 0.6) is 0 Å². The zero-order chi connectivity index (χ0) is 24.4. The van der Waals surface area contributed by atoms with E-state index in [1.54, 1.807) is 5.57 Å². The number of carbonyl (C=O) groups is 1. The molecule has 0 aromatic rings. The van der Waals surface area contributed by atoms with Gasteiger partial charge in [-0.3, -0.25) is 4.79 Å². The number of hydrogen-bond donors (Lipinski definition) is 0. The molecule has 6 atom stereocenters. The van der Waals surface area contributed by atoms with E-state index in [4.69, 9.17) is 0 Å². The molecule has 0 aromatic carbocycles. The minimum Gasteiger partial charge on any atom is -0.299 e. The Hall–Kier alpha value is -0.850. The molecule has 33 heavy (non-hydrogen) atoms. The molecule has 1 nitrogen and oxygen atoms in total. The van der Waals surface area contributed by atoms with E-state index < -0.39 is 0 Å². The maximum atomic E-state index is 12.8. The van der Waals surface area contributed by atoms with Gasteiger partial charge in [0.15, 0.2) is 0 Å². The smallest absolute Gasteiger partial charge is 0.138 e. The SMILES string of the molecule is C/C=C(/CC[C@@H](C)[C@H]1CC[C@@]2(C)C3=C(CC[C@]12C)[C@@]1(C)CCC(=O)C(C)(C)[C@@H]1CC3)C(C)C. The maximum absolute atomic E-state index is 12.8. The van der Waals surface area contributed by atoms with Crippen molar-refractivity contribution in [2.75, 3.05) is 0 Å². The summed E-state index contributed by atoms with van der Waals surface area (Å²) in [6.45, 7) is 21.9. The highest BCUT2D eigenvalue weighted by Crippen LogP contribution is 2.72. The van der Waals surface area contributed by atoms with Gasteiger partial charge in [-0.25, -0.2) is 0 Å². The zero-order valence-electron chi connectivity index (χ0n) is 23.4. The Labute approximate surface area is 205 Å². The molecular formula is C32H52O. The van der Waals surface area contributed by atoms with Crippen LogP contribution in [0.15, 0.2) is 22.8 Å². The average Bonchev–Trinajstić information content (AvgIpc) is 3.03. The Morgan fingerprint density at radius 2 is 1.64 bits per heavy atom. The lowest BCUT2D eigenvalue weighted by atomic mass is 9.43. The largest absolute Gasteiger partial charge is 0.299 e. The fourth-order valence-electron chi connectivity index (χ4n) is 9.80. The average molecular weight is 453 g/mol. The van der Waals surface area contributed by atoms with Crippen LogP contribution in [0, 0.1) is 45.3 Å². The molecule has 1 heteroatoms. The van der Waals surface area contributed by atoms with E-state index in [9.17, 15) is 4.79 Å². The molecule has 2 saturated carbocycles. The molecule has 0 spiro atoms. The highest BCUT2D eigenvalue weighted by molar-refractivity contribution is 5.85. The first kappa shape index (κ1) is 25.2. The fraction of sp³-hybridized carbons (Fsp3) is 0.844. The van der Waals surface area contributed by atoms with Gasteiger partial charge in [-0.1, -0.05) is 78.2 Å². The lowest BCUT2D eigenvalue weighted by Crippen LogP contribution is -2.53. The van der Waals surface area contributed by atoms with Crippen molar-refractivity contribution in [2.45, 2.75) is 127 Å². The van der Waals surface area contributed by atoms with Crippen LogP contribution in [0.25, 0.3) is 0 Å². The summed E-state index contributed by atoms with van der Waals surface area (Å²) in [5.41, 5.74) is 6.19. The molecule has 4 rings (SSSR count). The quantitative estimate of drug-likeness (QED) is 0.380. The van der Waals surface area contributed by atoms with Crippen molar-refractivity contribution in [1.29, 1.82) is 0 Å². The third-order valence-corrected chi connectivity index (χ3v) is 12.2. The summed E-state index contributed by atoms with van der Waals surface area (Å²) < 4.78 is 0. The molecule has 4 aliphatic carbocycles. The van der Waals surface area contributed by atoms with Gasteiger partial charge in [0.25, 0.3) is 0 Å². The van der Waals surface area contributed by atoms with E-state index in [-0.39, 0.29) is 10.8 Å². The van der Waals surface area contributed by atoms with E-state index in [1.165, 1.54) is 51.4 Å². The summed E-state index contributed by atoms with van der Waals surface area (Å²) in [5.74, 6) is 3.36. The van der Waals surface area contributed by atoms with Gasteiger partial charge in [0.05, 0.1) is 0 Å². The van der Waals surface area contributed by atoms with Gasteiger partial charge < -0.3 is 0 Å². The Morgan fingerprint density at radius 1 is 0.939 bits per heavy atom. The van der Waals surface area contributed by atoms with Crippen molar-refractivity contribution >= 4 is 5.78 Å². The van der Waals surface area contributed by atoms with Crippen molar-refractivity contribution in [3.05, 3.63) is 22.8 Å². The first-order valence-electron chi connectivity index (χ1n) is 14.2. The van der Waals surface area contributed by atoms with Crippen LogP contribution in [-0.4, -0.2) is 5.78 Å². The second kappa shape index (κ2) is 8.37. The first-order chi connectivity index (χ1) is 15.3. The molecule has 0 radical (unpaired) electrons. The summed E-state index contributed by atoms with van der Waals surface area (Å²) in [7, 11) is 0. The third kappa shape index (κ3) is 3.57. The van der Waals surface area contributed by atoms with Crippen LogP contribution in [0.2, 0.25) is 0 Å². The van der Waals surface area contributed by atoms with E-state index in [0.29, 0.717) is 28.4 Å². The molecule has 0 heterocycles. The predicted octanol–water partition coefficient (Wildman–Crippen LogP) is 9.32. The summed E-state index contributed by atoms with van der Waals surface area (Å²) >= 11 is 0. The number of allylic oxidation sites excluding steroid dienone is 4. The number of fused-ring (bicyclic) bond motifs is 4. The van der Waals surface area contributed by atoms with Crippen LogP contribution in [-0.2, 0) is 4.79 Å². The molecule has 0 aromatic heterocycles. The highest BCUT2D eigenvalue weighted by atomic mass is 16.1. The fourth-order valence-corrected chi connectivity index (χ4v) is 9.80. The van der Waals surface area contributed by atoms with Gasteiger partial charge in [0.2, 0.25) is 0 Å². The molecule has 0 N–H and O–H groups in total. The molecule has 4 aliphatic rings. The Bertz CT molecular complexity index is 856. The lowest BCUT2D eigenvalue weighted by molar-refractivity contribution is -0.139. The topological polar surface area (TPSA) is 17.1 Å². The van der Waals surface area contributed by atoms with E-state index in [1.807, 2.05) is 11.1 Å². The standard InChI is InChI=1S/C32H52O/c1-10-23(21(2)3)12-11-22(4)24-15-19-32(9)26-13-14-27-29(5,6)28(33)17-18-30(27,7)25(26)16-20-31(24,32)8/h10,21-22,24,27H,11-20H2,1-9H3/b23-10-/t22-,24-,27+,30-,31-,32+/m1/s1. The van der Waals surface area contributed by atoms with E-state index in [0.717, 1.165) is 24.7 Å². The molecule has 0 unspecified atom stereocenters. The van der Waals surface area contributed by atoms with Crippen molar-refractivity contribution in [3.63, 3.8) is 0 Å². The van der Waals surface area contributed by atoms with Crippen LogP contribution in [0.4, 0.5) is 0 Å². The number of Topliss-reactive ketones (excluding diaryl/α,β-unsaturated/α-hetero) is 1. The third-order valence-electron chi connectivity index (χ3n) is 12.2. The van der Waals surface area contributed by atoms with Gasteiger partial charge in [-0.2, -0.15) is 0 Å². The van der Waals surface area contributed by atoms with Gasteiger partial charge in [0, 0.05) is 11.8 Å². The molecule has 0 bridgehead atoms. The van der Waals surface area contributed by atoms with Crippen LogP contribution >= 0.6 is 0 Å². The van der Waals surface area contributed by atoms with Gasteiger partial charge in [-0.15, -0.1) is 0 Å². The van der Waals surface area contributed by atoms with Crippen molar-refractivity contribution < 1.29 is 4.79 Å². The number of rotatable bonds is 5. The summed E-state index contributed by atoms with van der Waals surface area (Å²) in [4.78, 5) is 12.8. The van der Waals surface area contributed by atoms with Crippen molar-refractivity contribution in [1.82, 2.24) is 0 Å². The summed E-state index contributed by atoms with van der Waals surface area (Å²) in [6.07, 6.45) is 14.7. The first-order valence-corrected chi connectivity index (χ1v) is 14.2. The van der Waals surface area contributed by atoms with Crippen LogP contribution in [0.1, 0.15) is 127 Å². The Morgan fingerprint density at radius 3 is 2.27 bits per heavy atom. The molecule has 2 fully saturated rings. The minimum absolute atomic E-state index is 0.152. The molecule has 0 amide bonds. The molecule has 0 aliphatic heterocycles. The van der Waals surface area contributed by atoms with Crippen LogP contribution < -0.4 is 0 Å². The molecule has 186 valence electrons. The minimum atomic E-state index is -0.152. The van der Waals surface area contributed by atoms with E-state index >= 15 is 0 Å². The summed E-state index contributed by atoms with van der Waals surface area (Å²) in [5, 5.41) is 0. The van der Waals surface area contributed by atoms with Gasteiger partial charge in [-0.05, 0) is 105 Å². The zero-order valence-corrected chi connectivity index (χ0v) is 23.4. The summed E-state index contributed by atoms with van der Waals surface area (Å²) in [6, 6.07) is 0. The number of carbonyl (C=O) groups excluding carboxylic acids is 1. The van der Waals surface area contributed by atoms with Crippen LogP contribution in [0.3, 0.4) is 0 Å². The van der Waals surface area contributed by atoms with Gasteiger partial charge in [0.1, 0.15) is 5.78 Å². The monoisotopic (exact) mass is 452 g/mol. The highest BCUT2D eigenvalue weighted by Gasteiger charge is 2.63. The Kier molecular flexibility index (Phi) is 6.41. The second-order valence-corrected chi connectivity index (χ2v) is 14.0. The lowest BCUT2D eigenvalue weighted by Gasteiger charge is -2.61. The van der Waals surface area contributed by atoms with Crippen molar-refractivity contribution in [3.8, 4) is 0 Å². The number of ketones is 1. The normalized spacial score (nSPS) is 41.6. The van der Waals surface area contributed by atoms with Gasteiger partial charge >= 0.3 is 0 Å². The number of hydrogen-bond acceptors (Lipinski definition) is 1. The second-order valence-electron chi connectivity index (χ2n) is 14.0. The Balaban J connectivity index is 1.62. The molecule has 0 saturated heterocycles. The molecular weight excluding hydrogens is 400 g/mol. The maximum Gasteiger partial charge on any atom is 0.138 e. The van der Waals surface area contributed by atoms with Crippen molar-refractivity contribution in [2.24, 2.45) is 45.3 Å². The van der Waals surface area contributed by atoms with E-state index in [2.05, 4.69) is 68.4 Å².